The van der Waals surface area contributed by atoms with Gasteiger partial charge in [0.2, 0.25) is 5.91 Å². The molecule has 0 bridgehead atoms. The third kappa shape index (κ3) is 4.98. The predicted octanol–water partition coefficient (Wildman–Crippen LogP) is 1.62. The van der Waals surface area contributed by atoms with E-state index in [1.54, 1.807) is 24.3 Å². The molecule has 0 unspecified atom stereocenters. The molecule has 1 aromatic rings. The summed E-state index contributed by atoms with van der Waals surface area (Å²) < 4.78 is 0. The molecule has 0 saturated carbocycles. The zero-order chi connectivity index (χ0) is 14.3. The molecule has 5 nitrogen and oxygen atoms in total. The Labute approximate surface area is 116 Å². The van der Waals surface area contributed by atoms with Gasteiger partial charge >= 0.3 is 0 Å². The van der Waals surface area contributed by atoms with Crippen molar-refractivity contribution >= 4 is 23.4 Å². The average molecular weight is 280 g/mol. The first-order valence-corrected chi connectivity index (χ1v) is 6.15. The second-order valence-electron chi connectivity index (χ2n) is 3.99. The minimum absolute atomic E-state index is 0.320. The standard InChI is InChI=1S/C13H14ClN3O2/c14-10-6-4-9(5-7-10)13(19)17-11(12(16)18)3-1-2-8-15/h4-7,11H,1-3H2,(H2,16,18)(H,17,19)/t11-/m0/s1. The van der Waals surface area contributed by atoms with Crippen LogP contribution in [-0.2, 0) is 4.79 Å². The van der Waals surface area contributed by atoms with Crippen molar-refractivity contribution in [1.82, 2.24) is 5.32 Å². The van der Waals surface area contributed by atoms with Crippen LogP contribution in [0, 0.1) is 11.3 Å². The molecule has 0 aromatic heterocycles. The minimum Gasteiger partial charge on any atom is -0.368 e. The summed E-state index contributed by atoms with van der Waals surface area (Å²) in [5.74, 6) is -1.00. The molecule has 0 aliphatic carbocycles. The van der Waals surface area contributed by atoms with Gasteiger partial charge in [0.05, 0.1) is 6.07 Å². The highest BCUT2D eigenvalue weighted by atomic mass is 35.5. The smallest absolute Gasteiger partial charge is 0.251 e. The van der Waals surface area contributed by atoms with Crippen LogP contribution in [0.5, 0.6) is 0 Å². The highest BCUT2D eigenvalue weighted by Gasteiger charge is 2.18. The van der Waals surface area contributed by atoms with Crippen LogP contribution in [0.1, 0.15) is 29.6 Å². The van der Waals surface area contributed by atoms with E-state index >= 15 is 0 Å². The molecule has 0 aliphatic heterocycles. The number of carbonyl (C=O) groups excluding carboxylic acids is 2. The van der Waals surface area contributed by atoms with Gasteiger partial charge in [0.15, 0.2) is 0 Å². The van der Waals surface area contributed by atoms with Crippen molar-refractivity contribution in [2.45, 2.75) is 25.3 Å². The monoisotopic (exact) mass is 279 g/mol. The molecule has 0 radical (unpaired) electrons. The summed E-state index contributed by atoms with van der Waals surface area (Å²) in [4.78, 5) is 23.1. The number of nitrogens with two attached hydrogens (primary N) is 1. The van der Waals surface area contributed by atoms with E-state index in [2.05, 4.69) is 5.32 Å². The fourth-order valence-electron chi connectivity index (χ4n) is 1.51. The van der Waals surface area contributed by atoms with Crippen LogP contribution < -0.4 is 11.1 Å². The van der Waals surface area contributed by atoms with Gasteiger partial charge < -0.3 is 11.1 Å². The van der Waals surface area contributed by atoms with Gasteiger partial charge in [-0.25, -0.2) is 0 Å². The highest BCUT2D eigenvalue weighted by molar-refractivity contribution is 6.30. The Morgan fingerprint density at radius 3 is 2.53 bits per heavy atom. The third-order valence-electron chi connectivity index (χ3n) is 2.54. The third-order valence-corrected chi connectivity index (χ3v) is 2.79. The van der Waals surface area contributed by atoms with Gasteiger partial charge in [0.25, 0.3) is 5.91 Å². The molecule has 19 heavy (non-hydrogen) atoms. The Morgan fingerprint density at radius 2 is 2.00 bits per heavy atom. The Balaban J connectivity index is 2.63. The molecular weight excluding hydrogens is 266 g/mol. The zero-order valence-corrected chi connectivity index (χ0v) is 11.0. The molecule has 6 heteroatoms. The molecule has 0 aliphatic rings. The van der Waals surface area contributed by atoms with Gasteiger partial charge in [-0.15, -0.1) is 0 Å². The molecule has 100 valence electrons. The van der Waals surface area contributed by atoms with Crippen molar-refractivity contribution < 1.29 is 9.59 Å². The quantitative estimate of drug-likeness (QED) is 0.774. The molecule has 3 N–H and O–H groups in total. The Kier molecular flexibility index (Phi) is 5.83. The van der Waals surface area contributed by atoms with Crippen LogP contribution in [0.3, 0.4) is 0 Å². The molecule has 2 amide bonds. The first kappa shape index (κ1) is 15.0. The maximum atomic E-state index is 11.9. The van der Waals surface area contributed by atoms with E-state index in [9.17, 15) is 9.59 Å². The minimum atomic E-state index is -0.767. The number of hydrogen-bond acceptors (Lipinski definition) is 3. The van der Waals surface area contributed by atoms with Crippen molar-refractivity contribution in [3.05, 3.63) is 34.9 Å². The van der Waals surface area contributed by atoms with Crippen molar-refractivity contribution in [1.29, 1.82) is 5.26 Å². The summed E-state index contributed by atoms with van der Waals surface area (Å²) in [5, 5.41) is 11.5. The number of halogens is 1. The summed E-state index contributed by atoms with van der Waals surface area (Å²) >= 11 is 5.72. The van der Waals surface area contributed by atoms with Gasteiger partial charge in [-0.1, -0.05) is 11.6 Å². The van der Waals surface area contributed by atoms with Crippen LogP contribution in [0.25, 0.3) is 0 Å². The molecule has 1 atom stereocenters. The number of nitrogens with one attached hydrogen (secondary N) is 1. The number of carbonyl (C=O) groups is 2. The van der Waals surface area contributed by atoms with E-state index in [4.69, 9.17) is 22.6 Å². The van der Waals surface area contributed by atoms with Crippen LogP contribution in [-0.4, -0.2) is 17.9 Å². The molecule has 0 fully saturated rings. The van der Waals surface area contributed by atoms with Gasteiger partial charge in [-0.3, -0.25) is 9.59 Å². The van der Waals surface area contributed by atoms with Gasteiger partial charge in [0, 0.05) is 17.0 Å². The van der Waals surface area contributed by atoms with Crippen LogP contribution >= 0.6 is 11.6 Å². The summed E-state index contributed by atoms with van der Waals surface area (Å²) in [5.41, 5.74) is 5.61. The maximum Gasteiger partial charge on any atom is 0.251 e. The fourth-order valence-corrected chi connectivity index (χ4v) is 1.64. The number of amides is 2. The topological polar surface area (TPSA) is 96.0 Å². The van der Waals surface area contributed by atoms with Crippen LogP contribution in [0.4, 0.5) is 0 Å². The summed E-state index contributed by atoms with van der Waals surface area (Å²) in [6.45, 7) is 0. The molecule has 0 heterocycles. The lowest BCUT2D eigenvalue weighted by atomic mass is 10.1. The zero-order valence-electron chi connectivity index (χ0n) is 10.2. The lowest BCUT2D eigenvalue weighted by molar-refractivity contribution is -0.120. The Morgan fingerprint density at radius 1 is 1.37 bits per heavy atom. The van der Waals surface area contributed by atoms with Crippen molar-refractivity contribution in [2.75, 3.05) is 0 Å². The molecule has 1 aromatic carbocycles. The number of benzene rings is 1. The first-order chi connectivity index (χ1) is 9.04. The Hall–Kier alpha value is -2.06. The van der Waals surface area contributed by atoms with E-state index in [-0.39, 0.29) is 0 Å². The van der Waals surface area contributed by atoms with E-state index in [1.165, 1.54) is 0 Å². The SMILES string of the molecule is N#CCCC[C@H](NC(=O)c1ccc(Cl)cc1)C(N)=O. The number of nitrogens with zero attached hydrogens (tertiary/aromatic N) is 1. The maximum absolute atomic E-state index is 11.9. The number of primary amides is 1. The number of rotatable bonds is 6. The number of unbranched alkanes of at least 4 members (excludes halogenated alkanes) is 1. The van der Waals surface area contributed by atoms with E-state index in [0.29, 0.717) is 29.8 Å². The first-order valence-electron chi connectivity index (χ1n) is 5.77. The second kappa shape index (κ2) is 7.39. The second-order valence-corrected chi connectivity index (χ2v) is 4.42. The summed E-state index contributed by atoms with van der Waals surface area (Å²) in [6.07, 6.45) is 1.17. The van der Waals surface area contributed by atoms with E-state index < -0.39 is 17.9 Å². The van der Waals surface area contributed by atoms with E-state index in [0.717, 1.165) is 0 Å². The lowest BCUT2D eigenvalue weighted by Gasteiger charge is -2.14. The Bertz CT molecular complexity index is 494. The van der Waals surface area contributed by atoms with Crippen LogP contribution in [0.15, 0.2) is 24.3 Å². The summed E-state index contributed by atoms with van der Waals surface area (Å²) in [7, 11) is 0. The largest absolute Gasteiger partial charge is 0.368 e. The van der Waals surface area contributed by atoms with Crippen molar-refractivity contribution in [2.24, 2.45) is 5.73 Å². The number of hydrogen-bond donors (Lipinski definition) is 2. The van der Waals surface area contributed by atoms with Crippen molar-refractivity contribution in [3.8, 4) is 6.07 Å². The average Bonchev–Trinajstić information content (AvgIpc) is 2.38. The van der Waals surface area contributed by atoms with Crippen molar-refractivity contribution in [3.63, 3.8) is 0 Å². The van der Waals surface area contributed by atoms with Crippen LogP contribution in [0.2, 0.25) is 5.02 Å². The fraction of sp³-hybridized carbons (Fsp3) is 0.308. The number of nitriles is 1. The lowest BCUT2D eigenvalue weighted by Crippen LogP contribution is -2.44. The predicted molar refractivity (Wildman–Crippen MR) is 71.4 cm³/mol. The molecule has 1 rings (SSSR count). The van der Waals surface area contributed by atoms with Gasteiger partial charge in [-0.05, 0) is 37.1 Å². The molecule has 0 spiro atoms. The molecule has 0 saturated heterocycles. The molecular formula is C13H14ClN3O2. The summed E-state index contributed by atoms with van der Waals surface area (Å²) in [6, 6.07) is 7.51. The normalized spacial score (nSPS) is 11.4. The van der Waals surface area contributed by atoms with Gasteiger partial charge in [-0.2, -0.15) is 5.26 Å². The van der Waals surface area contributed by atoms with E-state index in [1.807, 2.05) is 6.07 Å². The van der Waals surface area contributed by atoms with Gasteiger partial charge in [0.1, 0.15) is 6.04 Å². The highest BCUT2D eigenvalue weighted by Crippen LogP contribution is 2.10.